The van der Waals surface area contributed by atoms with E-state index in [2.05, 4.69) is 31.5 Å². The summed E-state index contributed by atoms with van der Waals surface area (Å²) < 4.78 is 1.03. The minimum absolute atomic E-state index is 0.0862. The normalized spacial score (nSPS) is 23.9. The molecular formula is C13H18BrN3O. The average Bonchev–Trinajstić information content (AvgIpc) is 2.32. The van der Waals surface area contributed by atoms with Crippen molar-refractivity contribution in [1.82, 2.24) is 10.6 Å². The van der Waals surface area contributed by atoms with Gasteiger partial charge in [0.15, 0.2) is 0 Å². The van der Waals surface area contributed by atoms with Gasteiger partial charge in [0, 0.05) is 29.3 Å². The van der Waals surface area contributed by atoms with Crippen LogP contribution in [0.3, 0.4) is 0 Å². The van der Waals surface area contributed by atoms with Crippen LogP contribution in [0.1, 0.15) is 6.92 Å². The summed E-state index contributed by atoms with van der Waals surface area (Å²) in [5, 5.41) is 6.08. The molecule has 1 fully saturated rings. The lowest BCUT2D eigenvalue weighted by Crippen LogP contribution is -2.62. The number of likely N-dealkylation sites (N-methyl/N-ethyl adjacent to an activating group) is 1. The molecule has 1 heterocycles. The number of rotatable bonds is 3. The molecule has 0 bridgehead atoms. The quantitative estimate of drug-likeness (QED) is 0.886. The summed E-state index contributed by atoms with van der Waals surface area (Å²) in [4.78, 5) is 14.2. The molecule has 4 nitrogen and oxygen atoms in total. The molecule has 2 N–H and O–H groups in total. The highest BCUT2D eigenvalue weighted by Gasteiger charge is 2.32. The minimum Gasteiger partial charge on any atom is -0.356 e. The molecule has 98 valence electrons. The van der Waals surface area contributed by atoms with Gasteiger partial charge in [-0.2, -0.15) is 0 Å². The number of benzene rings is 1. The van der Waals surface area contributed by atoms with E-state index in [0.717, 1.165) is 16.7 Å². The lowest BCUT2D eigenvalue weighted by atomic mass is 10.1. The first-order chi connectivity index (χ1) is 8.61. The van der Waals surface area contributed by atoms with Gasteiger partial charge in [-0.05, 0) is 32.2 Å². The maximum atomic E-state index is 12.1. The molecule has 2 rings (SSSR count). The first-order valence-electron chi connectivity index (χ1n) is 6.09. The summed E-state index contributed by atoms with van der Waals surface area (Å²) in [5.74, 6) is 0.0862. The lowest BCUT2D eigenvalue weighted by molar-refractivity contribution is -0.124. The van der Waals surface area contributed by atoms with Crippen LogP contribution in [0.25, 0.3) is 0 Å². The van der Waals surface area contributed by atoms with Gasteiger partial charge in [-0.25, -0.2) is 0 Å². The van der Waals surface area contributed by atoms with E-state index in [-0.39, 0.29) is 18.0 Å². The van der Waals surface area contributed by atoms with Gasteiger partial charge in [0.05, 0.1) is 0 Å². The summed E-state index contributed by atoms with van der Waals surface area (Å²) in [6, 6.07) is 8.09. The second-order valence-corrected chi connectivity index (χ2v) is 5.53. The number of anilines is 1. The van der Waals surface area contributed by atoms with Crippen LogP contribution in [-0.4, -0.2) is 38.1 Å². The molecule has 0 spiro atoms. The van der Waals surface area contributed by atoms with Gasteiger partial charge < -0.3 is 15.5 Å². The molecule has 0 aliphatic carbocycles. The molecule has 18 heavy (non-hydrogen) atoms. The van der Waals surface area contributed by atoms with Crippen LogP contribution in [0.2, 0.25) is 0 Å². The molecule has 2 unspecified atom stereocenters. The molecule has 1 aromatic rings. The van der Waals surface area contributed by atoms with Crippen LogP contribution in [-0.2, 0) is 4.79 Å². The van der Waals surface area contributed by atoms with Crippen LogP contribution in [0.5, 0.6) is 0 Å². The zero-order chi connectivity index (χ0) is 13.1. The van der Waals surface area contributed by atoms with Crippen molar-refractivity contribution < 1.29 is 4.79 Å². The Kier molecular flexibility index (Phi) is 4.24. The van der Waals surface area contributed by atoms with Crippen molar-refractivity contribution in [1.29, 1.82) is 0 Å². The third-order valence-corrected chi connectivity index (χ3v) is 3.57. The van der Waals surface area contributed by atoms with Gasteiger partial charge in [-0.15, -0.1) is 0 Å². The van der Waals surface area contributed by atoms with Crippen LogP contribution < -0.4 is 15.5 Å². The van der Waals surface area contributed by atoms with Gasteiger partial charge in [-0.1, -0.05) is 22.0 Å². The molecule has 0 aromatic heterocycles. The molecular weight excluding hydrogens is 294 g/mol. The maximum Gasteiger partial charge on any atom is 0.244 e. The van der Waals surface area contributed by atoms with E-state index >= 15 is 0 Å². The number of halogens is 1. The second-order valence-electron chi connectivity index (χ2n) is 4.62. The van der Waals surface area contributed by atoms with E-state index in [4.69, 9.17) is 0 Å². The van der Waals surface area contributed by atoms with Crippen LogP contribution >= 0.6 is 15.9 Å². The Morgan fingerprint density at radius 1 is 1.56 bits per heavy atom. The van der Waals surface area contributed by atoms with Gasteiger partial charge in [-0.3, -0.25) is 4.79 Å². The van der Waals surface area contributed by atoms with Crippen molar-refractivity contribution in [2.24, 2.45) is 0 Å². The highest BCUT2D eigenvalue weighted by Crippen LogP contribution is 2.23. The molecule has 1 aliphatic rings. The predicted molar refractivity (Wildman–Crippen MR) is 76.8 cm³/mol. The van der Waals surface area contributed by atoms with Crippen molar-refractivity contribution in [2.45, 2.75) is 19.0 Å². The fourth-order valence-electron chi connectivity index (χ4n) is 2.28. The van der Waals surface area contributed by atoms with Gasteiger partial charge in [0.25, 0.3) is 0 Å². The Labute approximate surface area is 116 Å². The van der Waals surface area contributed by atoms with Crippen molar-refractivity contribution in [3.63, 3.8) is 0 Å². The molecule has 5 heteroatoms. The van der Waals surface area contributed by atoms with Crippen molar-refractivity contribution in [3.05, 3.63) is 28.7 Å². The maximum absolute atomic E-state index is 12.1. The smallest absolute Gasteiger partial charge is 0.244 e. The number of piperazine rings is 1. The third kappa shape index (κ3) is 2.84. The number of hydrogen-bond donors (Lipinski definition) is 2. The van der Waals surface area contributed by atoms with E-state index in [1.807, 2.05) is 38.2 Å². The first kappa shape index (κ1) is 13.4. The number of hydrogen-bond acceptors (Lipinski definition) is 3. The van der Waals surface area contributed by atoms with E-state index < -0.39 is 0 Å². The number of nitrogens with one attached hydrogen (secondary N) is 2. The van der Waals surface area contributed by atoms with Gasteiger partial charge in [0.1, 0.15) is 6.04 Å². The van der Waals surface area contributed by atoms with Crippen LogP contribution in [0.4, 0.5) is 5.69 Å². The molecule has 1 amide bonds. The SMILES string of the molecule is CNCC1C(=O)NC(C)CN1c1cccc(Br)c1. The summed E-state index contributed by atoms with van der Waals surface area (Å²) in [5.41, 5.74) is 1.08. The molecule has 1 aliphatic heterocycles. The Bertz CT molecular complexity index is 438. The number of carbonyl (C=O) groups excluding carboxylic acids is 1. The average molecular weight is 312 g/mol. The first-order valence-corrected chi connectivity index (χ1v) is 6.88. The Balaban J connectivity index is 2.28. The summed E-state index contributed by atoms with van der Waals surface area (Å²) >= 11 is 3.48. The zero-order valence-corrected chi connectivity index (χ0v) is 12.2. The highest BCUT2D eigenvalue weighted by molar-refractivity contribution is 9.10. The third-order valence-electron chi connectivity index (χ3n) is 3.08. The summed E-state index contributed by atoms with van der Waals surface area (Å²) in [6.07, 6.45) is 0. The van der Waals surface area contributed by atoms with Gasteiger partial charge in [0.2, 0.25) is 5.91 Å². The Morgan fingerprint density at radius 3 is 3.00 bits per heavy atom. The van der Waals surface area contributed by atoms with Crippen molar-refractivity contribution in [2.75, 3.05) is 25.0 Å². The molecule has 1 saturated heterocycles. The van der Waals surface area contributed by atoms with Crippen LogP contribution in [0.15, 0.2) is 28.7 Å². The van der Waals surface area contributed by atoms with Crippen LogP contribution in [0, 0.1) is 0 Å². The molecule has 2 atom stereocenters. The predicted octanol–water partition coefficient (Wildman–Crippen LogP) is 1.36. The van der Waals surface area contributed by atoms with Crippen molar-refractivity contribution in [3.8, 4) is 0 Å². The number of nitrogens with zero attached hydrogens (tertiary/aromatic N) is 1. The highest BCUT2D eigenvalue weighted by atomic mass is 79.9. The second kappa shape index (κ2) is 5.71. The largest absolute Gasteiger partial charge is 0.356 e. The summed E-state index contributed by atoms with van der Waals surface area (Å²) in [7, 11) is 1.87. The number of amides is 1. The molecule has 0 radical (unpaired) electrons. The van der Waals surface area contributed by atoms with E-state index in [1.165, 1.54) is 0 Å². The van der Waals surface area contributed by atoms with Crippen molar-refractivity contribution >= 4 is 27.5 Å². The molecule has 1 aromatic carbocycles. The lowest BCUT2D eigenvalue weighted by Gasteiger charge is -2.39. The van der Waals surface area contributed by atoms with E-state index in [9.17, 15) is 4.79 Å². The standard InChI is InChI=1S/C13H18BrN3O/c1-9-8-17(11-5-3-4-10(14)6-11)12(7-15-2)13(18)16-9/h3-6,9,12,15H,7-8H2,1-2H3,(H,16,18). The number of carbonyl (C=O) groups is 1. The van der Waals surface area contributed by atoms with Gasteiger partial charge >= 0.3 is 0 Å². The van der Waals surface area contributed by atoms with E-state index in [1.54, 1.807) is 0 Å². The Morgan fingerprint density at radius 2 is 2.33 bits per heavy atom. The zero-order valence-electron chi connectivity index (χ0n) is 10.6. The fraction of sp³-hybridized carbons (Fsp3) is 0.462. The van der Waals surface area contributed by atoms with E-state index in [0.29, 0.717) is 6.54 Å². The topological polar surface area (TPSA) is 44.4 Å². The monoisotopic (exact) mass is 311 g/mol. The summed E-state index contributed by atoms with van der Waals surface area (Å²) in [6.45, 7) is 3.50. The Hall–Kier alpha value is -1.07. The molecule has 0 saturated carbocycles. The minimum atomic E-state index is -0.152. The fourth-order valence-corrected chi connectivity index (χ4v) is 2.67.